The summed E-state index contributed by atoms with van der Waals surface area (Å²) < 4.78 is 10.6. The third kappa shape index (κ3) is 0.879. The topological polar surface area (TPSA) is 21.8 Å². The molecular weight excluding hydrogens is 128 g/mol. The summed E-state index contributed by atoms with van der Waals surface area (Å²) in [7, 11) is 1.73. The molecule has 0 N–H and O–H groups in total. The molecule has 0 spiro atoms. The van der Waals surface area contributed by atoms with Gasteiger partial charge in [-0.1, -0.05) is 11.6 Å². The second-order valence-corrected chi connectivity index (χ2v) is 3.06. The van der Waals surface area contributed by atoms with Crippen LogP contribution in [0.15, 0.2) is 11.6 Å². The van der Waals surface area contributed by atoms with Gasteiger partial charge < -0.3 is 9.47 Å². The lowest BCUT2D eigenvalue weighted by molar-refractivity contribution is 0.112. The van der Waals surface area contributed by atoms with Crippen LogP contribution in [0.4, 0.5) is 0 Å². The van der Waals surface area contributed by atoms with E-state index in [1.54, 1.807) is 7.11 Å². The molecule has 1 aliphatic carbocycles. The van der Waals surface area contributed by atoms with E-state index < -0.39 is 0 Å². The van der Waals surface area contributed by atoms with Gasteiger partial charge in [-0.25, -0.2) is 0 Å². The molecule has 2 nitrogen and oxygen atoms in total. The van der Waals surface area contributed by atoms with Crippen LogP contribution in [0.1, 0.15) is 13.3 Å². The molecule has 2 rings (SSSR count). The lowest BCUT2D eigenvalue weighted by atomic mass is 9.99. The predicted molar refractivity (Wildman–Crippen MR) is 37.8 cm³/mol. The number of hydrogen-bond donors (Lipinski definition) is 0. The molecule has 56 valence electrons. The number of hydrogen-bond acceptors (Lipinski definition) is 2. The third-order valence-corrected chi connectivity index (χ3v) is 2.19. The van der Waals surface area contributed by atoms with E-state index in [0.717, 1.165) is 6.42 Å². The molecule has 2 heteroatoms. The minimum Gasteiger partial charge on any atom is -0.375 e. The largest absolute Gasteiger partial charge is 0.375 e. The summed E-state index contributed by atoms with van der Waals surface area (Å²) in [6.45, 7) is 2.13. The number of fused-ring (bicyclic) bond motifs is 1. The Morgan fingerprint density at radius 1 is 1.70 bits per heavy atom. The summed E-state index contributed by atoms with van der Waals surface area (Å²) in [6, 6.07) is 0. The van der Waals surface area contributed by atoms with E-state index in [1.165, 1.54) is 5.57 Å². The van der Waals surface area contributed by atoms with Crippen molar-refractivity contribution in [2.24, 2.45) is 0 Å². The highest BCUT2D eigenvalue weighted by Gasteiger charge is 2.46. The number of ether oxygens (including phenoxy) is 2. The predicted octanol–water partition coefficient (Wildman–Crippen LogP) is 1.12. The summed E-state index contributed by atoms with van der Waals surface area (Å²) in [6.07, 6.45) is 4.32. The first-order valence-corrected chi connectivity index (χ1v) is 3.67. The van der Waals surface area contributed by atoms with Gasteiger partial charge in [0.05, 0.1) is 6.10 Å². The third-order valence-electron chi connectivity index (χ3n) is 2.19. The second kappa shape index (κ2) is 2.07. The van der Waals surface area contributed by atoms with E-state index in [2.05, 4.69) is 13.0 Å². The molecule has 1 heterocycles. The van der Waals surface area contributed by atoms with Gasteiger partial charge >= 0.3 is 0 Å². The molecule has 0 aromatic heterocycles. The van der Waals surface area contributed by atoms with Crippen LogP contribution >= 0.6 is 0 Å². The van der Waals surface area contributed by atoms with Gasteiger partial charge in [-0.15, -0.1) is 0 Å². The van der Waals surface area contributed by atoms with Crippen molar-refractivity contribution in [3.63, 3.8) is 0 Å². The molecule has 3 unspecified atom stereocenters. The fourth-order valence-corrected chi connectivity index (χ4v) is 1.57. The standard InChI is InChI=1S/C8H12O2/c1-5-3-6(9-2)8-7(4-5)10-8/h3,6-8H,4H2,1-2H3. The van der Waals surface area contributed by atoms with Gasteiger partial charge in [-0.2, -0.15) is 0 Å². The van der Waals surface area contributed by atoms with Crippen molar-refractivity contribution in [1.82, 2.24) is 0 Å². The van der Waals surface area contributed by atoms with E-state index >= 15 is 0 Å². The van der Waals surface area contributed by atoms with Crippen molar-refractivity contribution in [2.45, 2.75) is 31.7 Å². The van der Waals surface area contributed by atoms with Gasteiger partial charge in [0.2, 0.25) is 0 Å². The summed E-state index contributed by atoms with van der Waals surface area (Å²) >= 11 is 0. The number of epoxide rings is 1. The molecular formula is C8H12O2. The molecule has 1 fully saturated rings. The molecule has 1 aliphatic heterocycles. The fraction of sp³-hybridized carbons (Fsp3) is 0.750. The van der Waals surface area contributed by atoms with Crippen molar-refractivity contribution >= 4 is 0 Å². The summed E-state index contributed by atoms with van der Waals surface area (Å²) in [5.41, 5.74) is 1.39. The Hall–Kier alpha value is -0.340. The molecule has 1 saturated heterocycles. The Balaban J connectivity index is 2.11. The minimum atomic E-state index is 0.221. The van der Waals surface area contributed by atoms with E-state index in [-0.39, 0.29) is 6.10 Å². The zero-order valence-corrected chi connectivity index (χ0v) is 6.33. The summed E-state index contributed by atoms with van der Waals surface area (Å²) in [5.74, 6) is 0. The van der Waals surface area contributed by atoms with Crippen LogP contribution in [-0.2, 0) is 9.47 Å². The van der Waals surface area contributed by atoms with Crippen LogP contribution in [0.5, 0.6) is 0 Å². The first kappa shape index (κ1) is 6.38. The SMILES string of the molecule is COC1C=C(C)CC2OC12. The van der Waals surface area contributed by atoms with Gasteiger partial charge in [0.15, 0.2) is 0 Å². The van der Waals surface area contributed by atoms with Gasteiger partial charge in [0.1, 0.15) is 12.2 Å². The maximum Gasteiger partial charge on any atom is 0.114 e. The van der Waals surface area contributed by atoms with Gasteiger partial charge in [0, 0.05) is 7.11 Å². The van der Waals surface area contributed by atoms with Crippen molar-refractivity contribution in [3.05, 3.63) is 11.6 Å². The molecule has 10 heavy (non-hydrogen) atoms. The van der Waals surface area contributed by atoms with Crippen LogP contribution < -0.4 is 0 Å². The van der Waals surface area contributed by atoms with Crippen LogP contribution in [0.3, 0.4) is 0 Å². The zero-order valence-electron chi connectivity index (χ0n) is 6.33. The minimum absolute atomic E-state index is 0.221. The normalized spacial score (nSPS) is 44.2. The average molecular weight is 140 g/mol. The highest BCUT2D eigenvalue weighted by atomic mass is 16.6. The molecule has 0 amide bonds. The highest BCUT2D eigenvalue weighted by molar-refractivity contribution is 5.17. The Kier molecular flexibility index (Phi) is 1.32. The molecule has 2 aliphatic rings. The maximum absolute atomic E-state index is 5.37. The molecule has 3 atom stereocenters. The van der Waals surface area contributed by atoms with Crippen LogP contribution in [-0.4, -0.2) is 25.4 Å². The Morgan fingerprint density at radius 2 is 2.50 bits per heavy atom. The fourth-order valence-electron chi connectivity index (χ4n) is 1.57. The van der Waals surface area contributed by atoms with E-state index in [0.29, 0.717) is 12.2 Å². The Morgan fingerprint density at radius 3 is 3.20 bits per heavy atom. The van der Waals surface area contributed by atoms with Crippen LogP contribution in [0, 0.1) is 0 Å². The van der Waals surface area contributed by atoms with Gasteiger partial charge in [0.25, 0.3) is 0 Å². The lowest BCUT2D eigenvalue weighted by Gasteiger charge is -2.13. The van der Waals surface area contributed by atoms with Crippen molar-refractivity contribution in [3.8, 4) is 0 Å². The van der Waals surface area contributed by atoms with Crippen LogP contribution in [0.2, 0.25) is 0 Å². The molecule has 0 aromatic carbocycles. The zero-order chi connectivity index (χ0) is 7.14. The van der Waals surface area contributed by atoms with Crippen molar-refractivity contribution in [1.29, 1.82) is 0 Å². The molecule has 0 aromatic rings. The average Bonchev–Trinajstić information content (AvgIpc) is 2.64. The maximum atomic E-state index is 5.37. The van der Waals surface area contributed by atoms with Gasteiger partial charge in [-0.3, -0.25) is 0 Å². The van der Waals surface area contributed by atoms with Crippen molar-refractivity contribution < 1.29 is 9.47 Å². The number of methoxy groups -OCH3 is 1. The molecule has 0 bridgehead atoms. The quantitative estimate of drug-likeness (QED) is 0.402. The van der Waals surface area contributed by atoms with E-state index in [1.807, 2.05) is 0 Å². The first-order chi connectivity index (χ1) is 4.81. The Bertz CT molecular complexity index is 174. The van der Waals surface area contributed by atoms with E-state index in [9.17, 15) is 0 Å². The Labute approximate surface area is 60.8 Å². The smallest absolute Gasteiger partial charge is 0.114 e. The summed E-state index contributed by atoms with van der Waals surface area (Å²) in [4.78, 5) is 0. The number of rotatable bonds is 1. The first-order valence-electron chi connectivity index (χ1n) is 3.67. The summed E-state index contributed by atoms with van der Waals surface area (Å²) in [5, 5.41) is 0. The highest BCUT2D eigenvalue weighted by Crippen LogP contribution is 2.37. The van der Waals surface area contributed by atoms with Crippen LogP contribution in [0.25, 0.3) is 0 Å². The van der Waals surface area contributed by atoms with E-state index in [4.69, 9.17) is 9.47 Å². The van der Waals surface area contributed by atoms with Gasteiger partial charge in [-0.05, 0) is 13.3 Å². The lowest BCUT2D eigenvalue weighted by Crippen LogP contribution is -2.21. The molecule has 0 saturated carbocycles. The molecule has 0 radical (unpaired) electrons. The van der Waals surface area contributed by atoms with Crippen molar-refractivity contribution in [2.75, 3.05) is 7.11 Å². The monoisotopic (exact) mass is 140 g/mol. The second-order valence-electron chi connectivity index (χ2n) is 3.06.